The van der Waals surface area contributed by atoms with Gasteiger partial charge in [0, 0.05) is 35.6 Å². The van der Waals surface area contributed by atoms with Gasteiger partial charge in [-0.05, 0) is 12.1 Å². The Hall–Kier alpha value is -0.640. The Balaban J connectivity index is 2.39. The summed E-state index contributed by atoms with van der Waals surface area (Å²) in [5, 5.41) is 3.59. The Morgan fingerprint density at radius 2 is 2.21 bits per heavy atom. The Kier molecular flexibility index (Phi) is 2.72. The molecule has 0 aromatic heterocycles. The summed E-state index contributed by atoms with van der Waals surface area (Å²) < 4.78 is 13.5. The smallest absolute Gasteiger partial charge is 0.128 e. The molecule has 1 saturated heterocycles. The lowest BCUT2D eigenvalue weighted by Gasteiger charge is -2.16. The number of nitrogens with two attached hydrogens (primary N) is 1. The molecule has 0 aliphatic carbocycles. The molecule has 0 bridgehead atoms. The van der Waals surface area contributed by atoms with Crippen molar-refractivity contribution in [1.29, 1.82) is 0 Å². The maximum absolute atomic E-state index is 13.5. The highest BCUT2D eigenvalue weighted by atomic mass is 35.5. The van der Waals surface area contributed by atoms with Gasteiger partial charge in [-0.2, -0.15) is 0 Å². The molecule has 1 fully saturated rings. The van der Waals surface area contributed by atoms with Crippen molar-refractivity contribution in [3.05, 3.63) is 34.6 Å². The third kappa shape index (κ3) is 1.63. The van der Waals surface area contributed by atoms with Gasteiger partial charge in [0.25, 0.3) is 0 Å². The standard InChI is InChI=1S/C10H12ClFN2/c11-7-2-1-3-8(12)10(7)6-4-14-5-9(6)13/h1-3,6,9,14H,4-5,13H2. The molecule has 14 heavy (non-hydrogen) atoms. The van der Waals surface area contributed by atoms with Crippen molar-refractivity contribution in [3.8, 4) is 0 Å². The average Bonchev–Trinajstić information content (AvgIpc) is 2.52. The first kappa shape index (κ1) is 9.90. The molecule has 0 spiro atoms. The molecule has 76 valence electrons. The minimum atomic E-state index is -0.262. The normalized spacial score (nSPS) is 26.8. The van der Waals surface area contributed by atoms with Crippen LogP contribution in [0.2, 0.25) is 5.02 Å². The molecule has 1 heterocycles. The number of hydrogen-bond acceptors (Lipinski definition) is 2. The van der Waals surface area contributed by atoms with E-state index in [1.54, 1.807) is 12.1 Å². The van der Waals surface area contributed by atoms with Crippen molar-refractivity contribution < 1.29 is 4.39 Å². The molecular formula is C10H12ClFN2. The van der Waals surface area contributed by atoms with Crippen LogP contribution in [0.15, 0.2) is 18.2 Å². The highest BCUT2D eigenvalue weighted by molar-refractivity contribution is 6.31. The van der Waals surface area contributed by atoms with Crippen molar-refractivity contribution in [2.24, 2.45) is 5.73 Å². The van der Waals surface area contributed by atoms with E-state index >= 15 is 0 Å². The van der Waals surface area contributed by atoms with E-state index in [2.05, 4.69) is 5.32 Å². The summed E-state index contributed by atoms with van der Waals surface area (Å²) in [7, 11) is 0. The fourth-order valence-electron chi connectivity index (χ4n) is 1.88. The summed E-state index contributed by atoms with van der Waals surface area (Å²) >= 11 is 5.95. The zero-order valence-electron chi connectivity index (χ0n) is 7.63. The summed E-state index contributed by atoms with van der Waals surface area (Å²) in [6.45, 7) is 1.41. The van der Waals surface area contributed by atoms with Crippen LogP contribution >= 0.6 is 11.6 Å². The molecule has 2 rings (SSSR count). The lowest BCUT2D eigenvalue weighted by Crippen LogP contribution is -2.28. The van der Waals surface area contributed by atoms with Gasteiger partial charge in [-0.25, -0.2) is 4.39 Å². The molecule has 2 nitrogen and oxygen atoms in total. The van der Waals surface area contributed by atoms with Gasteiger partial charge in [0.15, 0.2) is 0 Å². The lowest BCUT2D eigenvalue weighted by molar-refractivity contribution is 0.567. The topological polar surface area (TPSA) is 38.0 Å². The first-order valence-electron chi connectivity index (χ1n) is 4.60. The van der Waals surface area contributed by atoms with E-state index in [0.717, 1.165) is 6.54 Å². The van der Waals surface area contributed by atoms with Crippen LogP contribution in [0.1, 0.15) is 11.5 Å². The van der Waals surface area contributed by atoms with Gasteiger partial charge in [0.2, 0.25) is 0 Å². The van der Waals surface area contributed by atoms with Gasteiger partial charge < -0.3 is 11.1 Å². The fourth-order valence-corrected chi connectivity index (χ4v) is 2.18. The highest BCUT2D eigenvalue weighted by Crippen LogP contribution is 2.30. The predicted octanol–water partition coefficient (Wildman–Crippen LogP) is 1.49. The minimum absolute atomic E-state index is 0.0105. The third-order valence-electron chi connectivity index (χ3n) is 2.63. The molecule has 1 aliphatic heterocycles. The quantitative estimate of drug-likeness (QED) is 0.744. The number of hydrogen-bond donors (Lipinski definition) is 2. The van der Waals surface area contributed by atoms with Crippen molar-refractivity contribution in [2.45, 2.75) is 12.0 Å². The fraction of sp³-hybridized carbons (Fsp3) is 0.400. The SMILES string of the molecule is NC1CNCC1c1c(F)cccc1Cl. The first-order valence-corrected chi connectivity index (χ1v) is 4.98. The second-order valence-corrected chi connectivity index (χ2v) is 3.97. The van der Waals surface area contributed by atoms with Crippen molar-refractivity contribution in [2.75, 3.05) is 13.1 Å². The predicted molar refractivity (Wildman–Crippen MR) is 55.0 cm³/mol. The molecule has 4 heteroatoms. The summed E-state index contributed by atoms with van der Waals surface area (Å²) in [6.07, 6.45) is 0. The number of halogens is 2. The highest BCUT2D eigenvalue weighted by Gasteiger charge is 2.28. The summed E-state index contributed by atoms with van der Waals surface area (Å²) in [5.41, 5.74) is 6.41. The van der Waals surface area contributed by atoms with E-state index in [1.165, 1.54) is 6.07 Å². The Bertz CT molecular complexity index is 323. The van der Waals surface area contributed by atoms with Gasteiger partial charge >= 0.3 is 0 Å². The molecule has 3 N–H and O–H groups in total. The average molecular weight is 215 g/mol. The number of nitrogens with one attached hydrogen (secondary N) is 1. The Morgan fingerprint density at radius 3 is 2.79 bits per heavy atom. The van der Waals surface area contributed by atoms with E-state index in [9.17, 15) is 4.39 Å². The van der Waals surface area contributed by atoms with Crippen LogP contribution in [0.25, 0.3) is 0 Å². The van der Waals surface area contributed by atoms with Crippen LogP contribution < -0.4 is 11.1 Å². The van der Waals surface area contributed by atoms with Crippen LogP contribution in [-0.4, -0.2) is 19.1 Å². The van der Waals surface area contributed by atoms with Crippen LogP contribution in [-0.2, 0) is 0 Å². The van der Waals surface area contributed by atoms with Gasteiger partial charge in [0.1, 0.15) is 5.82 Å². The van der Waals surface area contributed by atoms with Gasteiger partial charge in [-0.3, -0.25) is 0 Å². The van der Waals surface area contributed by atoms with Crippen LogP contribution in [0, 0.1) is 5.82 Å². The summed E-state index contributed by atoms with van der Waals surface area (Å²) in [5.74, 6) is -0.273. The molecule has 1 aromatic rings. The Morgan fingerprint density at radius 1 is 1.43 bits per heavy atom. The summed E-state index contributed by atoms with van der Waals surface area (Å²) in [6, 6.07) is 4.68. The third-order valence-corrected chi connectivity index (χ3v) is 2.96. The molecule has 2 atom stereocenters. The van der Waals surface area contributed by atoms with Crippen molar-refractivity contribution in [1.82, 2.24) is 5.32 Å². The maximum Gasteiger partial charge on any atom is 0.128 e. The van der Waals surface area contributed by atoms with Gasteiger partial charge in [0.05, 0.1) is 0 Å². The minimum Gasteiger partial charge on any atom is -0.326 e. The van der Waals surface area contributed by atoms with E-state index in [1.807, 2.05) is 0 Å². The number of rotatable bonds is 1. The van der Waals surface area contributed by atoms with E-state index in [-0.39, 0.29) is 17.8 Å². The summed E-state index contributed by atoms with van der Waals surface area (Å²) in [4.78, 5) is 0. The molecule has 1 aliphatic rings. The van der Waals surface area contributed by atoms with Crippen molar-refractivity contribution in [3.63, 3.8) is 0 Å². The van der Waals surface area contributed by atoms with E-state index in [4.69, 9.17) is 17.3 Å². The van der Waals surface area contributed by atoms with Crippen LogP contribution in [0.5, 0.6) is 0 Å². The molecular weight excluding hydrogens is 203 g/mol. The van der Waals surface area contributed by atoms with E-state index in [0.29, 0.717) is 17.1 Å². The molecule has 2 unspecified atom stereocenters. The Labute approximate surface area is 87.2 Å². The molecule has 0 saturated carbocycles. The first-order chi connectivity index (χ1) is 6.70. The van der Waals surface area contributed by atoms with E-state index < -0.39 is 0 Å². The zero-order chi connectivity index (χ0) is 10.1. The second-order valence-electron chi connectivity index (χ2n) is 3.56. The van der Waals surface area contributed by atoms with Crippen LogP contribution in [0.3, 0.4) is 0 Å². The maximum atomic E-state index is 13.5. The lowest BCUT2D eigenvalue weighted by atomic mass is 9.94. The van der Waals surface area contributed by atoms with Crippen LogP contribution in [0.4, 0.5) is 4.39 Å². The largest absolute Gasteiger partial charge is 0.326 e. The zero-order valence-corrected chi connectivity index (χ0v) is 8.39. The second kappa shape index (κ2) is 3.85. The van der Waals surface area contributed by atoms with Crippen molar-refractivity contribution >= 4 is 11.6 Å². The molecule has 0 amide bonds. The molecule has 0 radical (unpaired) electrons. The van der Waals surface area contributed by atoms with Gasteiger partial charge in [-0.1, -0.05) is 17.7 Å². The monoisotopic (exact) mass is 214 g/mol. The molecule has 1 aromatic carbocycles. The number of benzene rings is 1. The van der Waals surface area contributed by atoms with Gasteiger partial charge in [-0.15, -0.1) is 0 Å².